The Hall–Kier alpha value is -3.08. The Morgan fingerprint density at radius 3 is 2.88 bits per heavy atom. The molecule has 3 aromatic rings. The van der Waals surface area contributed by atoms with Crippen LogP contribution in [0, 0.1) is 0 Å². The van der Waals surface area contributed by atoms with E-state index in [1.807, 2.05) is 4.90 Å². The average molecular weight is 466 g/mol. The van der Waals surface area contributed by atoms with Crippen molar-refractivity contribution in [1.29, 1.82) is 0 Å². The molecule has 0 radical (unpaired) electrons. The fraction of sp³-hybridized carbons (Fsp3) is 0.545. The Balaban J connectivity index is 1.25. The molecule has 3 aromatic heterocycles. The number of carbonyl (C=O) groups excluding carboxylic acids is 1. The molecule has 2 aliphatic carbocycles. The summed E-state index contributed by atoms with van der Waals surface area (Å²) in [7, 11) is 0. The Kier molecular flexibility index (Phi) is 5.41. The highest BCUT2D eigenvalue weighted by molar-refractivity contribution is 7.09. The molecule has 1 saturated carbocycles. The van der Waals surface area contributed by atoms with Crippen LogP contribution in [0.5, 0.6) is 0 Å². The number of fused-ring (bicyclic) bond motifs is 1. The minimum atomic E-state index is -0.319. The average Bonchev–Trinajstić information content (AvgIpc) is 3.64. The first kappa shape index (κ1) is 20.5. The highest BCUT2D eigenvalue weighted by atomic mass is 32.1. The minimum absolute atomic E-state index is 0.0867. The van der Waals surface area contributed by atoms with Gasteiger partial charge >= 0.3 is 0 Å². The van der Waals surface area contributed by atoms with Gasteiger partial charge in [-0.1, -0.05) is 12.8 Å². The number of carbonyl (C=O) groups is 1. The highest BCUT2D eigenvalue weighted by Gasteiger charge is 2.34. The fourth-order valence-electron chi connectivity index (χ4n) is 5.31. The standard InChI is InChI=1S/C22H27N9OS/c32-20(28-22-23-12-24-33-22)17-9-4-10-31(17)21-25-15-8-3-7-14(15)19(27-21)26-18-11-16(29-30-18)13-5-1-2-6-13/h11-13,17H,1-10H2,(H,23,24,28,32)(H2,25,26,27,29,30). The first-order chi connectivity index (χ1) is 16.2. The zero-order valence-corrected chi connectivity index (χ0v) is 19.2. The van der Waals surface area contributed by atoms with E-state index in [2.05, 4.69) is 36.3 Å². The lowest BCUT2D eigenvalue weighted by molar-refractivity contribution is -0.117. The molecule has 1 unspecified atom stereocenters. The van der Waals surface area contributed by atoms with Gasteiger partial charge in [0.1, 0.15) is 18.2 Å². The molecule has 1 amide bonds. The molecule has 0 bridgehead atoms. The predicted octanol–water partition coefficient (Wildman–Crippen LogP) is 3.55. The molecule has 10 nitrogen and oxygen atoms in total. The topological polar surface area (TPSA) is 125 Å². The molecule has 2 fully saturated rings. The van der Waals surface area contributed by atoms with E-state index >= 15 is 0 Å². The molecule has 1 atom stereocenters. The molecule has 172 valence electrons. The summed E-state index contributed by atoms with van der Waals surface area (Å²) in [5, 5.41) is 14.6. The number of H-pyrrole nitrogens is 1. The second kappa shape index (κ2) is 8.69. The lowest BCUT2D eigenvalue weighted by Gasteiger charge is -2.24. The maximum absolute atomic E-state index is 12.9. The molecule has 6 rings (SSSR count). The maximum Gasteiger partial charge on any atom is 0.249 e. The van der Waals surface area contributed by atoms with Gasteiger partial charge in [0.15, 0.2) is 5.82 Å². The van der Waals surface area contributed by atoms with Gasteiger partial charge in [0.25, 0.3) is 0 Å². The van der Waals surface area contributed by atoms with Crippen LogP contribution in [0.15, 0.2) is 12.4 Å². The molecule has 3 aliphatic rings. The molecule has 3 N–H and O–H groups in total. The summed E-state index contributed by atoms with van der Waals surface area (Å²) in [6, 6.07) is 1.80. The number of aromatic nitrogens is 6. The van der Waals surface area contributed by atoms with Crippen molar-refractivity contribution < 1.29 is 4.79 Å². The first-order valence-electron chi connectivity index (χ1n) is 11.8. The number of hydrogen-bond donors (Lipinski definition) is 3. The van der Waals surface area contributed by atoms with Crippen LogP contribution in [0.25, 0.3) is 0 Å². The molecule has 4 heterocycles. The molecule has 11 heteroatoms. The van der Waals surface area contributed by atoms with E-state index < -0.39 is 0 Å². The van der Waals surface area contributed by atoms with Crippen LogP contribution >= 0.6 is 11.5 Å². The van der Waals surface area contributed by atoms with Gasteiger partial charge in [-0.15, -0.1) is 0 Å². The number of rotatable bonds is 6. The summed E-state index contributed by atoms with van der Waals surface area (Å²) >= 11 is 1.18. The third-order valence-corrected chi connectivity index (χ3v) is 7.54. The fourth-order valence-corrected chi connectivity index (χ4v) is 5.75. The van der Waals surface area contributed by atoms with Crippen LogP contribution in [-0.2, 0) is 17.6 Å². The molecular weight excluding hydrogens is 438 g/mol. The number of aryl methyl sites for hydroxylation is 1. The molecule has 33 heavy (non-hydrogen) atoms. The number of amides is 1. The van der Waals surface area contributed by atoms with Crippen molar-refractivity contribution in [2.24, 2.45) is 0 Å². The summed E-state index contributed by atoms with van der Waals surface area (Å²) < 4.78 is 3.96. The second-order valence-electron chi connectivity index (χ2n) is 9.05. The van der Waals surface area contributed by atoms with Crippen molar-refractivity contribution >= 4 is 40.2 Å². The third-order valence-electron chi connectivity index (χ3n) is 6.96. The highest BCUT2D eigenvalue weighted by Crippen LogP contribution is 2.35. The van der Waals surface area contributed by atoms with Gasteiger partial charge in [-0.25, -0.2) is 9.97 Å². The van der Waals surface area contributed by atoms with Gasteiger partial charge < -0.3 is 10.2 Å². The molecule has 1 aliphatic heterocycles. The van der Waals surface area contributed by atoms with E-state index in [0.717, 1.165) is 56.0 Å². The monoisotopic (exact) mass is 465 g/mol. The quantitative estimate of drug-likeness (QED) is 0.505. The van der Waals surface area contributed by atoms with E-state index in [1.165, 1.54) is 54.8 Å². The van der Waals surface area contributed by atoms with E-state index in [0.29, 0.717) is 17.0 Å². The lowest BCUT2D eigenvalue weighted by Crippen LogP contribution is -2.40. The zero-order valence-electron chi connectivity index (χ0n) is 18.4. The second-order valence-corrected chi connectivity index (χ2v) is 9.83. The lowest BCUT2D eigenvalue weighted by atomic mass is 10.0. The smallest absolute Gasteiger partial charge is 0.249 e. The summed E-state index contributed by atoms with van der Waals surface area (Å²) in [4.78, 5) is 28.8. The van der Waals surface area contributed by atoms with E-state index in [-0.39, 0.29) is 11.9 Å². The van der Waals surface area contributed by atoms with Crippen LogP contribution in [0.2, 0.25) is 0 Å². The molecule has 1 saturated heterocycles. The largest absolute Gasteiger partial charge is 0.329 e. The van der Waals surface area contributed by atoms with Crippen molar-refractivity contribution in [3.8, 4) is 0 Å². The summed E-state index contributed by atoms with van der Waals surface area (Å²) in [6.07, 6.45) is 11.1. The number of hydrogen-bond acceptors (Lipinski definition) is 9. The van der Waals surface area contributed by atoms with Crippen molar-refractivity contribution in [1.82, 2.24) is 29.5 Å². The number of nitrogens with one attached hydrogen (secondary N) is 3. The Morgan fingerprint density at radius 2 is 2.03 bits per heavy atom. The van der Waals surface area contributed by atoms with Crippen molar-refractivity contribution in [3.05, 3.63) is 29.3 Å². The van der Waals surface area contributed by atoms with Gasteiger partial charge in [-0.2, -0.15) is 14.5 Å². The molecular formula is C22H27N9OS. The van der Waals surface area contributed by atoms with Crippen LogP contribution in [0.3, 0.4) is 0 Å². The zero-order chi connectivity index (χ0) is 22.2. The van der Waals surface area contributed by atoms with E-state index in [9.17, 15) is 4.79 Å². The summed E-state index contributed by atoms with van der Waals surface area (Å²) in [5.74, 6) is 2.71. The number of anilines is 4. The predicted molar refractivity (Wildman–Crippen MR) is 126 cm³/mol. The van der Waals surface area contributed by atoms with Crippen LogP contribution < -0.4 is 15.5 Å². The Morgan fingerprint density at radius 1 is 1.12 bits per heavy atom. The third kappa shape index (κ3) is 4.05. The minimum Gasteiger partial charge on any atom is -0.329 e. The Labute approximate surface area is 195 Å². The van der Waals surface area contributed by atoms with Crippen LogP contribution in [-0.4, -0.2) is 48.0 Å². The van der Waals surface area contributed by atoms with Gasteiger partial charge in [0.05, 0.1) is 5.69 Å². The van der Waals surface area contributed by atoms with Crippen molar-refractivity contribution in [2.75, 3.05) is 22.1 Å². The van der Waals surface area contributed by atoms with Gasteiger partial charge in [-0.05, 0) is 44.9 Å². The molecule has 0 spiro atoms. The van der Waals surface area contributed by atoms with Gasteiger partial charge in [-0.3, -0.25) is 15.2 Å². The van der Waals surface area contributed by atoms with Crippen LogP contribution in [0.1, 0.15) is 67.8 Å². The van der Waals surface area contributed by atoms with Gasteiger partial charge in [0.2, 0.25) is 17.0 Å². The SMILES string of the molecule is O=C(Nc1ncns1)C1CCCN1c1nc2c(c(Nc3cc(C4CCCC4)[nH]n3)n1)CCC2. The normalized spacial score (nSPS) is 20.4. The number of nitrogens with zero attached hydrogens (tertiary/aromatic N) is 6. The molecule has 0 aromatic carbocycles. The van der Waals surface area contributed by atoms with E-state index in [4.69, 9.17) is 9.97 Å². The van der Waals surface area contributed by atoms with Crippen molar-refractivity contribution in [2.45, 2.75) is 69.7 Å². The van der Waals surface area contributed by atoms with Crippen molar-refractivity contribution in [3.63, 3.8) is 0 Å². The summed E-state index contributed by atoms with van der Waals surface area (Å²) in [5.41, 5.74) is 3.44. The van der Waals surface area contributed by atoms with Gasteiger partial charge in [0, 0.05) is 41.3 Å². The maximum atomic E-state index is 12.9. The summed E-state index contributed by atoms with van der Waals surface area (Å²) in [6.45, 7) is 0.751. The van der Waals surface area contributed by atoms with E-state index in [1.54, 1.807) is 0 Å². The Bertz CT molecular complexity index is 1140. The van der Waals surface area contributed by atoms with Crippen LogP contribution in [0.4, 0.5) is 22.7 Å². The number of aromatic amines is 1. The first-order valence-corrected chi connectivity index (χ1v) is 12.6.